The Morgan fingerprint density at radius 1 is 1.10 bits per heavy atom. The quantitative estimate of drug-likeness (QED) is 0.824. The normalized spacial score (nSPS) is 40.5. The average molecular weight is 280 g/mol. The molecular weight excluding hydrogens is 248 g/mol. The van der Waals surface area contributed by atoms with E-state index in [1.54, 1.807) is 0 Å². The minimum absolute atomic E-state index is 0.0631. The van der Waals surface area contributed by atoms with Gasteiger partial charge < -0.3 is 9.84 Å². The molecular formula is C18H32O2. The molecule has 1 heterocycles. The highest BCUT2D eigenvalue weighted by atomic mass is 16.5. The molecule has 1 spiro atoms. The molecule has 0 radical (unpaired) electrons. The third-order valence-electron chi connectivity index (χ3n) is 6.17. The SMILES string of the molecule is CCCC1CCC(O)C(CC2CCC3(CCCC3)O2)C1. The lowest BCUT2D eigenvalue weighted by molar-refractivity contribution is -0.0595. The van der Waals surface area contributed by atoms with Crippen LogP contribution < -0.4 is 0 Å². The molecule has 2 aliphatic carbocycles. The van der Waals surface area contributed by atoms with Gasteiger partial charge in [-0.25, -0.2) is 0 Å². The van der Waals surface area contributed by atoms with E-state index < -0.39 is 0 Å². The summed E-state index contributed by atoms with van der Waals surface area (Å²) < 4.78 is 6.45. The van der Waals surface area contributed by atoms with Crippen LogP contribution in [-0.4, -0.2) is 22.9 Å². The first-order valence-electron chi connectivity index (χ1n) is 9.07. The molecule has 4 atom stereocenters. The van der Waals surface area contributed by atoms with Gasteiger partial charge in [-0.05, 0) is 63.2 Å². The van der Waals surface area contributed by atoms with Gasteiger partial charge in [0.05, 0.1) is 17.8 Å². The highest BCUT2D eigenvalue weighted by Crippen LogP contribution is 2.46. The van der Waals surface area contributed by atoms with Gasteiger partial charge >= 0.3 is 0 Å². The molecule has 3 rings (SSSR count). The van der Waals surface area contributed by atoms with Crippen molar-refractivity contribution < 1.29 is 9.84 Å². The van der Waals surface area contributed by atoms with Crippen LogP contribution in [0.5, 0.6) is 0 Å². The third kappa shape index (κ3) is 3.22. The second-order valence-electron chi connectivity index (χ2n) is 7.70. The van der Waals surface area contributed by atoms with Crippen molar-refractivity contribution in [3.8, 4) is 0 Å². The molecule has 116 valence electrons. The molecule has 2 heteroatoms. The van der Waals surface area contributed by atoms with Gasteiger partial charge in [0, 0.05) is 0 Å². The fourth-order valence-electron chi connectivity index (χ4n) is 5.06. The summed E-state index contributed by atoms with van der Waals surface area (Å²) in [7, 11) is 0. The van der Waals surface area contributed by atoms with Gasteiger partial charge in [0.2, 0.25) is 0 Å². The Hall–Kier alpha value is -0.0800. The topological polar surface area (TPSA) is 29.5 Å². The van der Waals surface area contributed by atoms with E-state index in [4.69, 9.17) is 4.74 Å². The predicted octanol–water partition coefficient (Wildman–Crippen LogP) is 4.45. The smallest absolute Gasteiger partial charge is 0.0687 e. The van der Waals surface area contributed by atoms with Gasteiger partial charge in [0.25, 0.3) is 0 Å². The van der Waals surface area contributed by atoms with Crippen molar-refractivity contribution in [3.63, 3.8) is 0 Å². The number of hydrogen-bond donors (Lipinski definition) is 1. The summed E-state index contributed by atoms with van der Waals surface area (Å²) in [6.07, 6.45) is 15.4. The van der Waals surface area contributed by atoms with Crippen LogP contribution in [-0.2, 0) is 4.74 Å². The molecule has 20 heavy (non-hydrogen) atoms. The zero-order chi connectivity index (χ0) is 14.0. The lowest BCUT2D eigenvalue weighted by atomic mass is 9.75. The average Bonchev–Trinajstić information content (AvgIpc) is 3.05. The Labute approximate surface area is 124 Å². The van der Waals surface area contributed by atoms with Crippen molar-refractivity contribution in [3.05, 3.63) is 0 Å². The first kappa shape index (κ1) is 14.8. The lowest BCUT2D eigenvalue weighted by Gasteiger charge is -2.35. The van der Waals surface area contributed by atoms with Crippen LogP contribution >= 0.6 is 0 Å². The zero-order valence-electron chi connectivity index (χ0n) is 13.2. The molecule has 3 aliphatic rings. The maximum atomic E-state index is 10.3. The lowest BCUT2D eigenvalue weighted by Crippen LogP contribution is -2.33. The first-order valence-corrected chi connectivity index (χ1v) is 9.07. The Morgan fingerprint density at radius 2 is 1.90 bits per heavy atom. The van der Waals surface area contributed by atoms with Crippen molar-refractivity contribution in [2.45, 2.75) is 102 Å². The molecule has 0 amide bonds. The zero-order valence-corrected chi connectivity index (χ0v) is 13.2. The van der Waals surface area contributed by atoms with Crippen LogP contribution in [0.2, 0.25) is 0 Å². The van der Waals surface area contributed by atoms with Gasteiger partial charge in [0.15, 0.2) is 0 Å². The minimum Gasteiger partial charge on any atom is -0.393 e. The highest BCUT2D eigenvalue weighted by Gasteiger charge is 2.43. The fourth-order valence-corrected chi connectivity index (χ4v) is 5.06. The van der Waals surface area contributed by atoms with Crippen LogP contribution in [0.3, 0.4) is 0 Å². The predicted molar refractivity (Wildman–Crippen MR) is 81.7 cm³/mol. The van der Waals surface area contributed by atoms with E-state index >= 15 is 0 Å². The fraction of sp³-hybridized carbons (Fsp3) is 1.00. The van der Waals surface area contributed by atoms with E-state index in [1.807, 2.05) is 0 Å². The van der Waals surface area contributed by atoms with Crippen molar-refractivity contribution in [1.29, 1.82) is 0 Å². The molecule has 2 nitrogen and oxygen atoms in total. The second-order valence-corrected chi connectivity index (χ2v) is 7.70. The molecule has 0 aromatic rings. The van der Waals surface area contributed by atoms with Crippen molar-refractivity contribution in [2.75, 3.05) is 0 Å². The summed E-state index contributed by atoms with van der Waals surface area (Å²) in [5.74, 6) is 1.36. The van der Waals surface area contributed by atoms with Gasteiger partial charge in [-0.15, -0.1) is 0 Å². The summed E-state index contributed by atoms with van der Waals surface area (Å²) in [5, 5.41) is 10.3. The Balaban J connectivity index is 1.51. The van der Waals surface area contributed by atoms with Crippen molar-refractivity contribution in [1.82, 2.24) is 0 Å². The van der Waals surface area contributed by atoms with Gasteiger partial charge in [0.1, 0.15) is 0 Å². The summed E-state index contributed by atoms with van der Waals surface area (Å²) in [6, 6.07) is 0. The van der Waals surface area contributed by atoms with E-state index in [-0.39, 0.29) is 11.7 Å². The van der Waals surface area contributed by atoms with Crippen LogP contribution in [0.25, 0.3) is 0 Å². The summed E-state index contributed by atoms with van der Waals surface area (Å²) in [4.78, 5) is 0. The second kappa shape index (κ2) is 6.36. The molecule has 2 saturated carbocycles. The Kier molecular flexibility index (Phi) is 4.72. The van der Waals surface area contributed by atoms with Gasteiger partial charge in [-0.2, -0.15) is 0 Å². The molecule has 0 bridgehead atoms. The van der Waals surface area contributed by atoms with Crippen LogP contribution in [0, 0.1) is 11.8 Å². The van der Waals surface area contributed by atoms with Crippen LogP contribution in [0.1, 0.15) is 84.0 Å². The maximum absolute atomic E-state index is 10.3. The molecule has 1 N–H and O–H groups in total. The first-order chi connectivity index (χ1) is 9.71. The minimum atomic E-state index is -0.0631. The van der Waals surface area contributed by atoms with Crippen LogP contribution in [0.4, 0.5) is 0 Å². The number of ether oxygens (including phenoxy) is 1. The summed E-state index contributed by atoms with van der Waals surface area (Å²) >= 11 is 0. The van der Waals surface area contributed by atoms with E-state index in [9.17, 15) is 5.11 Å². The summed E-state index contributed by atoms with van der Waals surface area (Å²) in [5.41, 5.74) is 0.257. The largest absolute Gasteiger partial charge is 0.393 e. The Bertz CT molecular complexity index is 309. The van der Waals surface area contributed by atoms with Gasteiger partial charge in [-0.3, -0.25) is 0 Å². The monoisotopic (exact) mass is 280 g/mol. The van der Waals surface area contributed by atoms with Crippen molar-refractivity contribution >= 4 is 0 Å². The summed E-state index contributed by atoms with van der Waals surface area (Å²) in [6.45, 7) is 2.28. The molecule has 4 unspecified atom stereocenters. The van der Waals surface area contributed by atoms with E-state index in [1.165, 1.54) is 64.2 Å². The molecule has 0 aromatic carbocycles. The third-order valence-corrected chi connectivity index (χ3v) is 6.17. The van der Waals surface area contributed by atoms with Gasteiger partial charge in [-0.1, -0.05) is 32.6 Å². The number of aliphatic hydroxyl groups excluding tert-OH is 1. The maximum Gasteiger partial charge on any atom is 0.0687 e. The number of hydrogen-bond acceptors (Lipinski definition) is 2. The molecule has 3 fully saturated rings. The van der Waals surface area contributed by atoms with E-state index in [2.05, 4.69) is 6.92 Å². The molecule has 1 saturated heterocycles. The highest BCUT2D eigenvalue weighted by molar-refractivity contribution is 4.94. The van der Waals surface area contributed by atoms with E-state index in [0.717, 1.165) is 18.8 Å². The van der Waals surface area contributed by atoms with E-state index in [0.29, 0.717) is 12.0 Å². The number of rotatable bonds is 4. The molecule has 0 aromatic heterocycles. The molecule has 1 aliphatic heterocycles. The number of aliphatic hydroxyl groups is 1. The standard InChI is InChI=1S/C18H32O2/c1-2-5-14-6-7-17(19)15(12-14)13-16-8-11-18(20-16)9-3-4-10-18/h14-17,19H,2-13H2,1H3. The van der Waals surface area contributed by atoms with Crippen molar-refractivity contribution in [2.24, 2.45) is 11.8 Å². The van der Waals surface area contributed by atoms with Crippen LogP contribution in [0.15, 0.2) is 0 Å². The Morgan fingerprint density at radius 3 is 2.65 bits per heavy atom.